The second kappa shape index (κ2) is 4.84. The molecule has 0 unspecified atom stereocenters. The van der Waals surface area contributed by atoms with Crippen LogP contribution in [0.5, 0.6) is 0 Å². The Bertz CT molecular complexity index is 1020. The molecule has 0 aliphatic rings. The van der Waals surface area contributed by atoms with Gasteiger partial charge in [0.1, 0.15) is 6.33 Å². The van der Waals surface area contributed by atoms with Gasteiger partial charge in [-0.1, -0.05) is 15.9 Å². The maximum atomic E-state index is 4.76. The van der Waals surface area contributed by atoms with Crippen LogP contribution in [0.2, 0.25) is 0 Å². The molecule has 108 valence electrons. The number of pyridine rings is 1. The van der Waals surface area contributed by atoms with Gasteiger partial charge in [-0.15, -0.1) is 10.2 Å². The van der Waals surface area contributed by atoms with Gasteiger partial charge in [0.15, 0.2) is 5.65 Å². The molecule has 0 amide bonds. The molecule has 0 radical (unpaired) electrons. The van der Waals surface area contributed by atoms with E-state index in [-0.39, 0.29) is 0 Å². The van der Waals surface area contributed by atoms with Crippen molar-refractivity contribution in [3.05, 3.63) is 52.7 Å². The first-order chi connectivity index (χ1) is 10.6. The van der Waals surface area contributed by atoms with Crippen molar-refractivity contribution in [3.63, 3.8) is 0 Å². The molecule has 0 saturated carbocycles. The van der Waals surface area contributed by atoms with Gasteiger partial charge in [0.05, 0.1) is 16.7 Å². The summed E-state index contributed by atoms with van der Waals surface area (Å²) in [6.45, 7) is 4.03. The average Bonchev–Trinajstić information content (AvgIpc) is 2.99. The number of aryl methyl sites for hydroxylation is 2. The molecule has 0 atom stereocenters. The first-order valence-electron chi connectivity index (χ1n) is 6.86. The molecule has 3 aromatic heterocycles. The van der Waals surface area contributed by atoms with Crippen LogP contribution in [0, 0.1) is 13.8 Å². The first kappa shape index (κ1) is 13.3. The van der Waals surface area contributed by atoms with Gasteiger partial charge in [0.2, 0.25) is 0 Å². The minimum absolute atomic E-state index is 0.777. The number of halogens is 1. The highest BCUT2D eigenvalue weighted by Gasteiger charge is 2.14. The van der Waals surface area contributed by atoms with E-state index < -0.39 is 0 Å². The number of rotatable bonds is 1. The zero-order chi connectivity index (χ0) is 15.3. The standard InChI is InChI=1S/C16H12BrN5/c1-9-3-4-18-7-13(9)12-5-11(17)6-14-15(12)20-10(2)16-21-19-8-22(14)16/h3-8H,1-2H3. The summed E-state index contributed by atoms with van der Waals surface area (Å²) in [5.41, 5.74) is 6.82. The predicted octanol–water partition coefficient (Wildman–Crippen LogP) is 3.72. The molecule has 0 aliphatic carbocycles. The molecular formula is C16H12BrN5. The molecule has 0 bridgehead atoms. The molecular weight excluding hydrogens is 342 g/mol. The molecule has 22 heavy (non-hydrogen) atoms. The second-order valence-corrected chi connectivity index (χ2v) is 6.15. The molecule has 0 N–H and O–H groups in total. The Morgan fingerprint density at radius 1 is 1.14 bits per heavy atom. The lowest BCUT2D eigenvalue weighted by Gasteiger charge is -2.11. The highest BCUT2D eigenvalue weighted by Crippen LogP contribution is 2.33. The zero-order valence-corrected chi connectivity index (χ0v) is 13.7. The maximum absolute atomic E-state index is 4.76. The van der Waals surface area contributed by atoms with Crippen LogP contribution in [-0.2, 0) is 0 Å². The van der Waals surface area contributed by atoms with Gasteiger partial charge in [-0.05, 0) is 37.6 Å². The Hall–Kier alpha value is -2.34. The summed E-state index contributed by atoms with van der Waals surface area (Å²) < 4.78 is 2.95. The van der Waals surface area contributed by atoms with Crippen LogP contribution in [0.1, 0.15) is 11.3 Å². The van der Waals surface area contributed by atoms with Gasteiger partial charge in [0, 0.05) is 28.0 Å². The Morgan fingerprint density at radius 3 is 2.82 bits per heavy atom. The quantitative estimate of drug-likeness (QED) is 0.523. The lowest BCUT2D eigenvalue weighted by atomic mass is 10.0. The fourth-order valence-corrected chi connectivity index (χ4v) is 3.16. The normalized spacial score (nSPS) is 11.4. The van der Waals surface area contributed by atoms with Crippen LogP contribution in [0.4, 0.5) is 0 Å². The summed E-state index contributed by atoms with van der Waals surface area (Å²) in [5, 5.41) is 8.15. The third-order valence-electron chi connectivity index (χ3n) is 3.79. The largest absolute Gasteiger partial charge is 0.278 e. The van der Waals surface area contributed by atoms with Gasteiger partial charge in [-0.3, -0.25) is 9.38 Å². The fraction of sp³-hybridized carbons (Fsp3) is 0.125. The summed E-state index contributed by atoms with van der Waals surface area (Å²) in [7, 11) is 0. The summed E-state index contributed by atoms with van der Waals surface area (Å²) in [4.78, 5) is 9.02. The lowest BCUT2D eigenvalue weighted by molar-refractivity contribution is 1.10. The van der Waals surface area contributed by atoms with E-state index >= 15 is 0 Å². The fourth-order valence-electron chi connectivity index (χ4n) is 2.71. The van der Waals surface area contributed by atoms with Gasteiger partial charge in [-0.2, -0.15) is 0 Å². The van der Waals surface area contributed by atoms with Crippen molar-refractivity contribution in [2.24, 2.45) is 0 Å². The highest BCUT2D eigenvalue weighted by atomic mass is 79.9. The highest BCUT2D eigenvalue weighted by molar-refractivity contribution is 9.10. The first-order valence-corrected chi connectivity index (χ1v) is 7.65. The summed E-state index contributed by atoms with van der Waals surface area (Å²) in [6, 6.07) is 6.12. The van der Waals surface area contributed by atoms with Gasteiger partial charge < -0.3 is 0 Å². The van der Waals surface area contributed by atoms with Crippen LogP contribution in [0.25, 0.3) is 27.8 Å². The van der Waals surface area contributed by atoms with E-state index in [9.17, 15) is 0 Å². The molecule has 3 heterocycles. The number of aromatic nitrogens is 5. The summed E-state index contributed by atoms with van der Waals surface area (Å²) >= 11 is 3.60. The number of benzene rings is 1. The Balaban J connectivity index is 2.20. The molecule has 5 nitrogen and oxygen atoms in total. The minimum atomic E-state index is 0.777. The van der Waals surface area contributed by atoms with E-state index in [2.05, 4.69) is 44.1 Å². The second-order valence-electron chi connectivity index (χ2n) is 5.23. The van der Waals surface area contributed by atoms with Gasteiger partial charge >= 0.3 is 0 Å². The summed E-state index contributed by atoms with van der Waals surface area (Å²) in [6.07, 6.45) is 5.40. The third-order valence-corrected chi connectivity index (χ3v) is 4.25. The van der Waals surface area contributed by atoms with E-state index in [0.717, 1.165) is 43.5 Å². The van der Waals surface area contributed by atoms with Crippen molar-refractivity contribution in [1.29, 1.82) is 0 Å². The van der Waals surface area contributed by atoms with Crippen LogP contribution in [0.15, 0.2) is 41.4 Å². The van der Waals surface area contributed by atoms with Crippen molar-refractivity contribution in [2.45, 2.75) is 13.8 Å². The Morgan fingerprint density at radius 2 is 2.00 bits per heavy atom. The molecule has 6 heteroatoms. The number of fused-ring (bicyclic) bond motifs is 3. The van der Waals surface area contributed by atoms with Crippen LogP contribution < -0.4 is 0 Å². The van der Waals surface area contributed by atoms with Crippen molar-refractivity contribution >= 4 is 32.6 Å². The lowest BCUT2D eigenvalue weighted by Crippen LogP contribution is -1.98. The van der Waals surface area contributed by atoms with Crippen LogP contribution in [-0.4, -0.2) is 24.6 Å². The van der Waals surface area contributed by atoms with E-state index in [4.69, 9.17) is 4.98 Å². The number of nitrogens with zero attached hydrogens (tertiary/aromatic N) is 5. The SMILES string of the molecule is Cc1ccncc1-c1cc(Br)cc2c1nc(C)c1nncn12. The topological polar surface area (TPSA) is 56.0 Å². The van der Waals surface area contributed by atoms with Crippen molar-refractivity contribution in [3.8, 4) is 11.1 Å². The van der Waals surface area contributed by atoms with Crippen LogP contribution in [0.3, 0.4) is 0 Å². The van der Waals surface area contributed by atoms with E-state index in [0.29, 0.717) is 0 Å². The summed E-state index contributed by atoms with van der Waals surface area (Å²) in [5.74, 6) is 0. The molecule has 4 rings (SSSR count). The van der Waals surface area contributed by atoms with E-state index in [1.165, 1.54) is 0 Å². The monoisotopic (exact) mass is 353 g/mol. The molecule has 0 aliphatic heterocycles. The predicted molar refractivity (Wildman–Crippen MR) is 88.7 cm³/mol. The molecule has 0 fully saturated rings. The van der Waals surface area contributed by atoms with Crippen LogP contribution >= 0.6 is 15.9 Å². The van der Waals surface area contributed by atoms with E-state index in [1.54, 1.807) is 12.5 Å². The average molecular weight is 354 g/mol. The van der Waals surface area contributed by atoms with Gasteiger partial charge in [-0.25, -0.2) is 4.98 Å². The maximum Gasteiger partial charge on any atom is 0.182 e. The van der Waals surface area contributed by atoms with Crippen molar-refractivity contribution < 1.29 is 0 Å². The third kappa shape index (κ3) is 1.91. The minimum Gasteiger partial charge on any atom is -0.278 e. The molecule has 1 aromatic carbocycles. The molecule has 0 saturated heterocycles. The van der Waals surface area contributed by atoms with E-state index in [1.807, 2.05) is 29.7 Å². The zero-order valence-electron chi connectivity index (χ0n) is 12.1. The molecule has 4 aromatic rings. The Kier molecular flexibility index (Phi) is 2.94. The molecule has 0 spiro atoms. The van der Waals surface area contributed by atoms with Gasteiger partial charge in [0.25, 0.3) is 0 Å². The smallest absolute Gasteiger partial charge is 0.182 e. The number of hydrogen-bond donors (Lipinski definition) is 0. The number of hydrogen-bond acceptors (Lipinski definition) is 4. The van der Waals surface area contributed by atoms with Crippen molar-refractivity contribution in [2.75, 3.05) is 0 Å². The van der Waals surface area contributed by atoms with Crippen molar-refractivity contribution in [1.82, 2.24) is 24.6 Å². The Labute approximate surface area is 135 Å².